The molecule has 2 aromatic carbocycles. The molecule has 0 bridgehead atoms. The van der Waals surface area contributed by atoms with Crippen LogP contribution in [-0.4, -0.2) is 11.9 Å². The first kappa shape index (κ1) is 15.7. The number of amides is 1. The van der Waals surface area contributed by atoms with Gasteiger partial charge in [-0.3, -0.25) is 4.79 Å². The maximum atomic E-state index is 11.2. The zero-order valence-electron chi connectivity index (χ0n) is 11.6. The molecule has 5 heteroatoms. The summed E-state index contributed by atoms with van der Waals surface area (Å²) in [7, 11) is 0. The van der Waals surface area contributed by atoms with Crippen molar-refractivity contribution in [3.63, 3.8) is 0 Å². The monoisotopic (exact) mass is 322 g/mol. The SMILES string of the molecule is CC(Cc1ccc(Cl)cc1)Nc1cc(C(N)=O)ccc1Cl. The average Bonchev–Trinajstić information content (AvgIpc) is 2.43. The van der Waals surface area contributed by atoms with Crippen LogP contribution in [0.1, 0.15) is 22.8 Å². The fraction of sp³-hybridized carbons (Fsp3) is 0.188. The highest BCUT2D eigenvalue weighted by molar-refractivity contribution is 6.33. The standard InChI is InChI=1S/C16H16Cl2N2O/c1-10(8-11-2-5-13(17)6-3-11)20-15-9-12(16(19)21)4-7-14(15)18/h2-7,9-10,20H,8H2,1H3,(H2,19,21). The number of carbonyl (C=O) groups excluding carboxylic acids is 1. The van der Waals surface area contributed by atoms with Crippen LogP contribution in [0, 0.1) is 0 Å². The average molecular weight is 323 g/mol. The topological polar surface area (TPSA) is 55.1 Å². The van der Waals surface area contributed by atoms with Gasteiger partial charge in [0, 0.05) is 16.6 Å². The zero-order chi connectivity index (χ0) is 15.4. The lowest BCUT2D eigenvalue weighted by atomic mass is 10.1. The third kappa shape index (κ3) is 4.38. The number of rotatable bonds is 5. The highest BCUT2D eigenvalue weighted by Crippen LogP contribution is 2.24. The van der Waals surface area contributed by atoms with Crippen molar-refractivity contribution in [2.45, 2.75) is 19.4 Å². The molecule has 0 spiro atoms. The second-order valence-corrected chi connectivity index (χ2v) is 5.78. The molecule has 0 heterocycles. The highest BCUT2D eigenvalue weighted by atomic mass is 35.5. The summed E-state index contributed by atoms with van der Waals surface area (Å²) in [5, 5.41) is 4.57. The van der Waals surface area contributed by atoms with Crippen LogP contribution >= 0.6 is 23.2 Å². The van der Waals surface area contributed by atoms with Crippen LogP contribution in [0.15, 0.2) is 42.5 Å². The van der Waals surface area contributed by atoms with Crippen molar-refractivity contribution in [2.75, 3.05) is 5.32 Å². The van der Waals surface area contributed by atoms with E-state index < -0.39 is 5.91 Å². The molecule has 110 valence electrons. The molecule has 1 atom stereocenters. The summed E-state index contributed by atoms with van der Waals surface area (Å²) in [6.07, 6.45) is 0.814. The molecule has 2 rings (SSSR count). The van der Waals surface area contributed by atoms with E-state index in [4.69, 9.17) is 28.9 Å². The summed E-state index contributed by atoms with van der Waals surface area (Å²) in [5.41, 5.74) is 7.58. The number of halogens is 2. The van der Waals surface area contributed by atoms with Crippen LogP contribution in [-0.2, 0) is 6.42 Å². The van der Waals surface area contributed by atoms with Crippen molar-refractivity contribution >= 4 is 34.8 Å². The third-order valence-electron chi connectivity index (χ3n) is 3.11. The lowest BCUT2D eigenvalue weighted by Crippen LogP contribution is -2.19. The van der Waals surface area contributed by atoms with E-state index in [1.54, 1.807) is 18.2 Å². The maximum Gasteiger partial charge on any atom is 0.248 e. The quantitative estimate of drug-likeness (QED) is 0.869. The van der Waals surface area contributed by atoms with Crippen molar-refractivity contribution < 1.29 is 4.79 Å². The van der Waals surface area contributed by atoms with Gasteiger partial charge in [-0.05, 0) is 49.2 Å². The first-order valence-electron chi connectivity index (χ1n) is 6.56. The molecule has 0 aromatic heterocycles. The molecule has 3 nitrogen and oxygen atoms in total. The van der Waals surface area contributed by atoms with E-state index in [1.807, 2.05) is 31.2 Å². The Morgan fingerprint density at radius 1 is 1.19 bits per heavy atom. The first-order valence-corrected chi connectivity index (χ1v) is 7.31. The van der Waals surface area contributed by atoms with E-state index in [9.17, 15) is 4.79 Å². The van der Waals surface area contributed by atoms with Crippen LogP contribution < -0.4 is 11.1 Å². The van der Waals surface area contributed by atoms with Crippen LogP contribution in [0.2, 0.25) is 10.0 Å². The maximum absolute atomic E-state index is 11.2. The number of carbonyl (C=O) groups is 1. The van der Waals surface area contributed by atoms with Gasteiger partial charge >= 0.3 is 0 Å². The molecule has 0 aliphatic carbocycles. The Bertz CT molecular complexity index is 641. The Morgan fingerprint density at radius 3 is 2.48 bits per heavy atom. The second kappa shape index (κ2) is 6.83. The van der Waals surface area contributed by atoms with Crippen molar-refractivity contribution in [3.05, 3.63) is 63.6 Å². The van der Waals surface area contributed by atoms with Gasteiger partial charge in [-0.25, -0.2) is 0 Å². The number of benzene rings is 2. The number of nitrogens with two attached hydrogens (primary N) is 1. The smallest absolute Gasteiger partial charge is 0.248 e. The number of hydrogen-bond donors (Lipinski definition) is 2. The van der Waals surface area contributed by atoms with Gasteiger partial charge < -0.3 is 11.1 Å². The molecule has 0 radical (unpaired) electrons. The minimum atomic E-state index is -0.472. The number of anilines is 1. The van der Waals surface area contributed by atoms with Gasteiger partial charge in [0.25, 0.3) is 0 Å². The second-order valence-electron chi connectivity index (χ2n) is 4.93. The Morgan fingerprint density at radius 2 is 1.86 bits per heavy atom. The summed E-state index contributed by atoms with van der Waals surface area (Å²) in [6, 6.07) is 12.8. The highest BCUT2D eigenvalue weighted by Gasteiger charge is 2.09. The zero-order valence-corrected chi connectivity index (χ0v) is 13.1. The summed E-state index contributed by atoms with van der Waals surface area (Å²) in [4.78, 5) is 11.2. The minimum absolute atomic E-state index is 0.145. The fourth-order valence-corrected chi connectivity index (χ4v) is 2.38. The lowest BCUT2D eigenvalue weighted by molar-refractivity contribution is 0.100. The Balaban J connectivity index is 2.08. The predicted octanol–water partition coefficient (Wildman–Crippen LogP) is 4.14. The molecule has 0 aliphatic heterocycles. The summed E-state index contributed by atoms with van der Waals surface area (Å²) in [5.74, 6) is -0.472. The van der Waals surface area contributed by atoms with Crippen molar-refractivity contribution in [2.24, 2.45) is 5.73 Å². The third-order valence-corrected chi connectivity index (χ3v) is 3.69. The normalized spacial score (nSPS) is 12.0. The molecule has 0 saturated carbocycles. The molecule has 21 heavy (non-hydrogen) atoms. The van der Waals surface area contributed by atoms with Crippen molar-refractivity contribution in [1.82, 2.24) is 0 Å². The molecular weight excluding hydrogens is 307 g/mol. The predicted molar refractivity (Wildman–Crippen MR) is 88.2 cm³/mol. The Kier molecular flexibility index (Phi) is 5.10. The summed E-state index contributed by atoms with van der Waals surface area (Å²) >= 11 is 12.0. The van der Waals surface area contributed by atoms with Crippen LogP contribution in [0.5, 0.6) is 0 Å². The Hall–Kier alpha value is -1.71. The number of primary amides is 1. The molecule has 0 saturated heterocycles. The van der Waals surface area contributed by atoms with Gasteiger partial charge in [0.2, 0.25) is 5.91 Å². The van der Waals surface area contributed by atoms with Crippen molar-refractivity contribution in [1.29, 1.82) is 0 Å². The van der Waals surface area contributed by atoms with Crippen LogP contribution in [0.3, 0.4) is 0 Å². The molecule has 1 unspecified atom stereocenters. The summed E-state index contributed by atoms with van der Waals surface area (Å²) in [6.45, 7) is 2.04. The number of nitrogens with one attached hydrogen (secondary N) is 1. The lowest BCUT2D eigenvalue weighted by Gasteiger charge is -2.17. The molecule has 0 fully saturated rings. The van der Waals surface area contributed by atoms with Gasteiger partial charge in [-0.2, -0.15) is 0 Å². The van der Waals surface area contributed by atoms with E-state index in [1.165, 1.54) is 5.56 Å². The van der Waals surface area contributed by atoms with Gasteiger partial charge in [0.1, 0.15) is 0 Å². The van der Waals surface area contributed by atoms with E-state index in [2.05, 4.69) is 5.32 Å². The van der Waals surface area contributed by atoms with E-state index in [0.717, 1.165) is 11.4 Å². The summed E-state index contributed by atoms with van der Waals surface area (Å²) < 4.78 is 0. The van der Waals surface area contributed by atoms with Gasteiger partial charge in [-0.15, -0.1) is 0 Å². The Labute approximate surface area is 134 Å². The van der Waals surface area contributed by atoms with Gasteiger partial charge in [-0.1, -0.05) is 35.3 Å². The molecule has 0 aliphatic rings. The van der Waals surface area contributed by atoms with Gasteiger partial charge in [0.05, 0.1) is 10.7 Å². The van der Waals surface area contributed by atoms with Gasteiger partial charge in [0.15, 0.2) is 0 Å². The van der Waals surface area contributed by atoms with E-state index in [0.29, 0.717) is 16.3 Å². The van der Waals surface area contributed by atoms with Crippen LogP contribution in [0.4, 0.5) is 5.69 Å². The largest absolute Gasteiger partial charge is 0.381 e. The fourth-order valence-electron chi connectivity index (χ4n) is 2.08. The van der Waals surface area contributed by atoms with Crippen LogP contribution in [0.25, 0.3) is 0 Å². The molecule has 3 N–H and O–H groups in total. The molecule has 2 aromatic rings. The van der Waals surface area contributed by atoms with E-state index >= 15 is 0 Å². The number of hydrogen-bond acceptors (Lipinski definition) is 2. The molecule has 1 amide bonds. The van der Waals surface area contributed by atoms with Crippen molar-refractivity contribution in [3.8, 4) is 0 Å². The first-order chi connectivity index (χ1) is 9.95. The van der Waals surface area contributed by atoms with E-state index in [-0.39, 0.29) is 6.04 Å². The molecular formula is C16H16Cl2N2O. The minimum Gasteiger partial charge on any atom is -0.381 e.